The number of carboxylic acids is 1. The zero-order valence-corrected chi connectivity index (χ0v) is 23.9. The summed E-state index contributed by atoms with van der Waals surface area (Å²) in [6.45, 7) is 1.93. The Morgan fingerprint density at radius 2 is 1.52 bits per heavy atom. The minimum Gasteiger partial charge on any atom is -0.478 e. The first-order chi connectivity index (χ1) is 20.4. The molecule has 42 heavy (non-hydrogen) atoms. The van der Waals surface area contributed by atoms with Gasteiger partial charge in [0.15, 0.2) is 0 Å². The number of rotatable bonds is 7. The summed E-state index contributed by atoms with van der Waals surface area (Å²) < 4.78 is 1.10. The number of fused-ring (bicyclic) bond motifs is 2. The molecule has 0 bridgehead atoms. The average Bonchev–Trinajstić information content (AvgIpc) is 3.72. The van der Waals surface area contributed by atoms with E-state index < -0.39 is 5.97 Å². The lowest BCUT2D eigenvalue weighted by Crippen LogP contribution is -2.27. The molecule has 0 spiro atoms. The molecule has 4 nitrogen and oxygen atoms in total. The second-order valence-corrected chi connectivity index (χ2v) is 12.1. The van der Waals surface area contributed by atoms with E-state index in [0.29, 0.717) is 5.56 Å². The molecule has 1 atom stereocenters. The van der Waals surface area contributed by atoms with Gasteiger partial charge < -0.3 is 10.4 Å². The molecule has 0 aliphatic heterocycles. The quantitative estimate of drug-likeness (QED) is 0.202. The molecule has 5 heteroatoms. The highest BCUT2D eigenvalue weighted by molar-refractivity contribution is 7.17. The minimum atomic E-state index is -0.969. The van der Waals surface area contributed by atoms with E-state index in [9.17, 15) is 14.7 Å². The van der Waals surface area contributed by atoms with Crippen LogP contribution in [-0.2, 0) is 5.41 Å². The molecular weight excluding hydrogens is 538 g/mol. The van der Waals surface area contributed by atoms with Gasteiger partial charge in [-0.1, -0.05) is 84.9 Å². The maximum absolute atomic E-state index is 14.1. The van der Waals surface area contributed by atoms with Crippen LogP contribution in [0.1, 0.15) is 63.2 Å². The molecule has 1 aromatic heterocycles. The van der Waals surface area contributed by atoms with Crippen LogP contribution in [0.3, 0.4) is 0 Å². The molecule has 0 saturated heterocycles. The van der Waals surface area contributed by atoms with Crippen molar-refractivity contribution in [1.29, 1.82) is 0 Å². The van der Waals surface area contributed by atoms with Gasteiger partial charge in [-0.05, 0) is 88.0 Å². The molecule has 7 rings (SSSR count). The number of carboxylic acid groups (broad SMARTS) is 1. The Morgan fingerprint density at radius 3 is 2.24 bits per heavy atom. The highest BCUT2D eigenvalue weighted by Gasteiger charge is 2.47. The molecule has 1 saturated carbocycles. The van der Waals surface area contributed by atoms with Crippen molar-refractivity contribution < 1.29 is 14.7 Å². The molecule has 1 heterocycles. The third-order valence-electron chi connectivity index (χ3n) is 8.60. The van der Waals surface area contributed by atoms with E-state index >= 15 is 0 Å². The van der Waals surface area contributed by atoms with E-state index in [0.717, 1.165) is 39.6 Å². The van der Waals surface area contributed by atoms with E-state index in [4.69, 9.17) is 0 Å². The van der Waals surface area contributed by atoms with Gasteiger partial charge in [0, 0.05) is 21.1 Å². The van der Waals surface area contributed by atoms with Crippen molar-refractivity contribution in [3.8, 4) is 11.1 Å². The summed E-state index contributed by atoms with van der Waals surface area (Å²) in [6.07, 6.45) is 2.09. The summed E-state index contributed by atoms with van der Waals surface area (Å²) >= 11 is 1.70. The summed E-state index contributed by atoms with van der Waals surface area (Å²) in [5.74, 6) is -1.11. The van der Waals surface area contributed by atoms with Gasteiger partial charge in [-0.2, -0.15) is 0 Å². The lowest BCUT2D eigenvalue weighted by Gasteiger charge is -2.20. The number of carbonyl (C=O) groups excluding carboxylic acids is 1. The fourth-order valence-electron chi connectivity index (χ4n) is 6.09. The highest BCUT2D eigenvalue weighted by atomic mass is 32.1. The topological polar surface area (TPSA) is 66.4 Å². The summed E-state index contributed by atoms with van der Waals surface area (Å²) in [6, 6.07) is 36.0. The van der Waals surface area contributed by atoms with Crippen LogP contribution in [0.25, 0.3) is 32.0 Å². The molecule has 2 N–H and O–H groups in total. The lowest BCUT2D eigenvalue weighted by atomic mass is 9.85. The smallest absolute Gasteiger partial charge is 0.335 e. The molecule has 0 unspecified atom stereocenters. The van der Waals surface area contributed by atoms with Crippen LogP contribution in [0.5, 0.6) is 0 Å². The van der Waals surface area contributed by atoms with Gasteiger partial charge in [0.2, 0.25) is 0 Å². The van der Waals surface area contributed by atoms with Crippen molar-refractivity contribution in [3.05, 3.63) is 142 Å². The number of hydrogen-bond donors (Lipinski definition) is 2. The van der Waals surface area contributed by atoms with Crippen LogP contribution in [0.15, 0.2) is 115 Å². The van der Waals surface area contributed by atoms with E-state index in [-0.39, 0.29) is 22.9 Å². The van der Waals surface area contributed by atoms with Gasteiger partial charge in [0.05, 0.1) is 11.6 Å². The average molecular weight is 568 g/mol. The fraction of sp³-hybridized carbons (Fsp3) is 0.135. The number of hydrogen-bond acceptors (Lipinski definition) is 3. The lowest BCUT2D eigenvalue weighted by molar-refractivity contribution is 0.0696. The van der Waals surface area contributed by atoms with E-state index in [1.54, 1.807) is 35.6 Å². The van der Waals surface area contributed by atoms with E-state index in [2.05, 4.69) is 71.4 Å². The van der Waals surface area contributed by atoms with E-state index in [1.807, 2.05) is 31.2 Å². The van der Waals surface area contributed by atoms with Gasteiger partial charge in [-0.3, -0.25) is 4.79 Å². The zero-order valence-electron chi connectivity index (χ0n) is 23.1. The first kappa shape index (κ1) is 26.2. The standard InChI is InChI=1S/C37H29NO3S/c1-23(24-11-13-27(14-12-24)36(40)41)38-35(39)31-20-29(25-7-3-2-4-8-25)21-33-34(31)32(22-42-33)37(17-18-37)30-16-15-26-9-5-6-10-28(26)19-30/h2-16,19-23H,17-18H2,1H3,(H,38,39)(H,40,41)/t23-/m0/s1. The number of thiophene rings is 1. The van der Waals surface area contributed by atoms with Crippen molar-refractivity contribution >= 4 is 44.1 Å². The van der Waals surface area contributed by atoms with Gasteiger partial charge in [-0.15, -0.1) is 11.3 Å². The number of aromatic carboxylic acids is 1. The number of carbonyl (C=O) groups is 2. The maximum Gasteiger partial charge on any atom is 0.335 e. The molecule has 1 amide bonds. The first-order valence-corrected chi connectivity index (χ1v) is 15.1. The Kier molecular flexibility index (Phi) is 6.40. The Labute approximate surface area is 248 Å². The Hall–Kier alpha value is -4.74. The molecule has 1 aliphatic rings. The van der Waals surface area contributed by atoms with Crippen LogP contribution < -0.4 is 5.32 Å². The third-order valence-corrected chi connectivity index (χ3v) is 9.53. The largest absolute Gasteiger partial charge is 0.478 e. The van der Waals surface area contributed by atoms with Crippen LogP contribution in [0.2, 0.25) is 0 Å². The van der Waals surface area contributed by atoms with Gasteiger partial charge in [0.25, 0.3) is 5.91 Å². The van der Waals surface area contributed by atoms with Crippen molar-refractivity contribution in [2.45, 2.75) is 31.2 Å². The predicted molar refractivity (Wildman–Crippen MR) is 171 cm³/mol. The molecule has 0 radical (unpaired) electrons. The Balaban J connectivity index is 1.33. The molecule has 6 aromatic rings. The van der Waals surface area contributed by atoms with Crippen molar-refractivity contribution in [2.24, 2.45) is 0 Å². The Morgan fingerprint density at radius 1 is 0.810 bits per heavy atom. The second kappa shape index (κ2) is 10.3. The SMILES string of the molecule is C[C@H](NC(=O)c1cc(-c2ccccc2)cc2scc(C3(c4ccc5ccccc5c4)CC3)c12)c1ccc(C(=O)O)cc1. The molecule has 1 aliphatic carbocycles. The summed E-state index contributed by atoms with van der Waals surface area (Å²) in [5, 5.41) is 18.2. The monoisotopic (exact) mass is 567 g/mol. The summed E-state index contributed by atoms with van der Waals surface area (Å²) in [5.41, 5.74) is 6.23. The predicted octanol–water partition coefficient (Wildman–Crippen LogP) is 8.99. The van der Waals surface area contributed by atoms with Gasteiger partial charge in [0.1, 0.15) is 0 Å². The van der Waals surface area contributed by atoms with Crippen LogP contribution in [0.4, 0.5) is 0 Å². The van der Waals surface area contributed by atoms with Gasteiger partial charge >= 0.3 is 5.97 Å². The number of nitrogens with one attached hydrogen (secondary N) is 1. The molecular formula is C37H29NO3S. The Bertz CT molecular complexity index is 1970. The zero-order chi connectivity index (χ0) is 28.8. The second-order valence-electron chi connectivity index (χ2n) is 11.2. The maximum atomic E-state index is 14.1. The summed E-state index contributed by atoms with van der Waals surface area (Å²) in [7, 11) is 0. The van der Waals surface area contributed by atoms with Crippen LogP contribution in [-0.4, -0.2) is 17.0 Å². The third kappa shape index (κ3) is 4.56. The normalized spacial score (nSPS) is 14.5. The fourth-order valence-corrected chi connectivity index (χ4v) is 7.21. The summed E-state index contributed by atoms with van der Waals surface area (Å²) in [4.78, 5) is 25.4. The number of benzene rings is 5. The minimum absolute atomic E-state index is 0.107. The van der Waals surface area contributed by atoms with Crippen LogP contribution in [0, 0.1) is 0 Å². The van der Waals surface area contributed by atoms with Gasteiger partial charge in [-0.25, -0.2) is 4.79 Å². The molecule has 5 aromatic carbocycles. The van der Waals surface area contributed by atoms with Crippen molar-refractivity contribution in [3.63, 3.8) is 0 Å². The van der Waals surface area contributed by atoms with Crippen molar-refractivity contribution in [2.75, 3.05) is 0 Å². The van der Waals surface area contributed by atoms with Crippen molar-refractivity contribution in [1.82, 2.24) is 5.32 Å². The molecule has 1 fully saturated rings. The highest BCUT2D eigenvalue weighted by Crippen LogP contribution is 2.57. The van der Waals surface area contributed by atoms with Crippen LogP contribution >= 0.6 is 11.3 Å². The number of amides is 1. The molecule has 206 valence electrons. The first-order valence-electron chi connectivity index (χ1n) is 14.2. The van der Waals surface area contributed by atoms with E-state index in [1.165, 1.54) is 21.9 Å².